The Balaban J connectivity index is 0.00000231. The van der Waals surface area contributed by atoms with Crippen LogP contribution in [0.2, 0.25) is 0 Å². The van der Waals surface area contributed by atoms with Crippen LogP contribution in [0.15, 0.2) is 6.07 Å². The predicted octanol–water partition coefficient (Wildman–Crippen LogP) is -0.318. The quantitative estimate of drug-likeness (QED) is 0.610. The molecule has 5 rings (SSSR count). The van der Waals surface area contributed by atoms with Gasteiger partial charge in [0, 0.05) is 19.1 Å². The van der Waals surface area contributed by atoms with E-state index in [0.29, 0.717) is 18.9 Å². The number of sulfonamides is 1. The van der Waals surface area contributed by atoms with E-state index in [0.717, 1.165) is 70.4 Å². The number of benzene rings is 1. The second kappa shape index (κ2) is 9.70. The fraction of sp³-hybridized carbons (Fsp3) is 0.682. The number of carbonyl (C=O) groups is 1. The molecule has 2 aliphatic carbocycles. The molecule has 31 heavy (non-hydrogen) atoms. The van der Waals surface area contributed by atoms with Crippen molar-refractivity contribution in [2.24, 2.45) is 0 Å². The average Bonchev–Trinajstić information content (AvgIpc) is 3.34. The van der Waals surface area contributed by atoms with E-state index in [1.807, 2.05) is 0 Å². The van der Waals surface area contributed by atoms with Crippen molar-refractivity contribution in [3.05, 3.63) is 33.0 Å². The van der Waals surface area contributed by atoms with Gasteiger partial charge in [-0.25, -0.2) is 8.42 Å². The van der Waals surface area contributed by atoms with Gasteiger partial charge in [0.1, 0.15) is 0 Å². The summed E-state index contributed by atoms with van der Waals surface area (Å²) in [4.78, 5) is 17.3. The van der Waals surface area contributed by atoms with Crippen molar-refractivity contribution in [1.29, 1.82) is 0 Å². The molecule has 0 bridgehead atoms. The molecule has 0 atom stereocenters. The summed E-state index contributed by atoms with van der Waals surface area (Å²) in [5.41, 5.74) is 5.85. The van der Waals surface area contributed by atoms with Crippen molar-refractivity contribution in [2.45, 2.75) is 62.7 Å². The minimum Gasteiger partial charge on any atom is -0.423 e. The number of rotatable bonds is 4. The number of nitrogens with one attached hydrogen (secondary N) is 1. The second-order valence-electron chi connectivity index (χ2n) is 9.38. The summed E-state index contributed by atoms with van der Waals surface area (Å²) in [6.45, 7) is 3.63. The summed E-state index contributed by atoms with van der Waals surface area (Å²) in [5.74, 6) is 0. The third-order valence-corrected chi connectivity index (χ3v) is 9.11. The maximum absolute atomic E-state index is 12.8. The summed E-state index contributed by atoms with van der Waals surface area (Å²) in [5, 5.41) is 2.34. The number of carbonyl (C=O) groups excluding carboxylic acids is 1. The number of fused-ring (bicyclic) bond motifs is 2. The molecule has 2 saturated heterocycles. The van der Waals surface area contributed by atoms with Crippen LogP contribution >= 0.6 is 0 Å². The van der Waals surface area contributed by atoms with Crippen molar-refractivity contribution in [2.75, 3.05) is 38.5 Å². The Morgan fingerprint density at radius 1 is 1.03 bits per heavy atom. The molecule has 1 aromatic carbocycles. The number of nitrogens with zero attached hydrogens (tertiary/aromatic N) is 3. The fourth-order valence-electron chi connectivity index (χ4n) is 5.72. The number of anilines is 1. The molecule has 0 saturated carbocycles. The molecule has 9 heteroatoms. The Bertz CT molecular complexity index is 922. The topological polar surface area (TPSA) is 83.8 Å². The molecule has 2 amide bonds. The van der Waals surface area contributed by atoms with Gasteiger partial charge in [0.2, 0.25) is 0 Å². The molecule has 0 aromatic heterocycles. The Morgan fingerprint density at radius 3 is 2.16 bits per heavy atom. The number of urea groups is 1. The van der Waals surface area contributed by atoms with Gasteiger partial charge in [-0.15, -0.1) is 0 Å². The molecular formula is C22H31KN4O3S. The van der Waals surface area contributed by atoms with Gasteiger partial charge in [0.15, 0.2) is 16.1 Å². The molecule has 0 unspecified atom stereocenters. The number of amides is 2. The average molecular weight is 471 g/mol. The van der Waals surface area contributed by atoms with Crippen molar-refractivity contribution in [1.82, 2.24) is 9.80 Å². The SMILES string of the molecule is CN1CC(N2CCC(S(=O)(=O)[N-]C(=O)Nc3c4c(cc5c3CCC5)CCC4)CC2)C1.[K+]. The van der Waals surface area contributed by atoms with Gasteiger partial charge < -0.3 is 14.9 Å². The van der Waals surface area contributed by atoms with E-state index in [-0.39, 0.29) is 51.4 Å². The van der Waals surface area contributed by atoms with Crippen LogP contribution in [-0.4, -0.2) is 68.8 Å². The molecule has 2 aliphatic heterocycles. The van der Waals surface area contributed by atoms with Crippen LogP contribution in [0.1, 0.15) is 47.9 Å². The van der Waals surface area contributed by atoms with E-state index in [2.05, 4.69) is 33.0 Å². The van der Waals surface area contributed by atoms with Crippen LogP contribution in [0, 0.1) is 0 Å². The fourth-order valence-corrected chi connectivity index (χ4v) is 6.96. The predicted molar refractivity (Wildman–Crippen MR) is 118 cm³/mol. The Labute approximate surface area is 228 Å². The van der Waals surface area contributed by atoms with E-state index < -0.39 is 21.3 Å². The minimum absolute atomic E-state index is 0. The molecule has 4 aliphatic rings. The van der Waals surface area contributed by atoms with Crippen LogP contribution in [0.4, 0.5) is 10.5 Å². The Kier molecular flexibility index (Phi) is 7.55. The molecule has 0 spiro atoms. The van der Waals surface area contributed by atoms with Gasteiger partial charge >= 0.3 is 51.4 Å². The zero-order valence-corrected chi connectivity index (χ0v) is 22.6. The maximum atomic E-state index is 12.8. The van der Waals surface area contributed by atoms with Gasteiger partial charge in [-0.3, -0.25) is 9.69 Å². The zero-order valence-electron chi connectivity index (χ0n) is 18.7. The van der Waals surface area contributed by atoms with Gasteiger partial charge in [-0.2, -0.15) is 0 Å². The standard InChI is InChI=1S/C22H32N4O3S.K/c1-25-13-17(14-25)26-10-8-18(9-11-26)30(28,29)24-22(27)23-21-19-6-2-4-15(19)12-16-5-3-7-20(16)21;/h12,17-18H,2-11,13-14H2,1H3,(H2,23,24,27);/q;+1/p-1. The smallest absolute Gasteiger partial charge is 0.423 e. The summed E-state index contributed by atoms with van der Waals surface area (Å²) in [6, 6.07) is 2.11. The first-order valence-corrected chi connectivity index (χ1v) is 12.8. The zero-order chi connectivity index (χ0) is 20.9. The molecule has 164 valence electrons. The number of likely N-dealkylation sites (tertiary alicyclic amines) is 2. The van der Waals surface area contributed by atoms with E-state index in [1.54, 1.807) is 0 Å². The normalized spacial score (nSPS) is 22.4. The first kappa shape index (κ1) is 24.1. The first-order valence-electron chi connectivity index (χ1n) is 11.3. The van der Waals surface area contributed by atoms with Gasteiger partial charge in [-0.1, -0.05) is 6.07 Å². The molecule has 2 fully saturated rings. The van der Waals surface area contributed by atoms with E-state index in [1.165, 1.54) is 22.3 Å². The van der Waals surface area contributed by atoms with Crippen molar-refractivity contribution < 1.29 is 64.6 Å². The Hall–Kier alpha value is -0.00364. The van der Waals surface area contributed by atoms with Crippen molar-refractivity contribution in [3.63, 3.8) is 0 Å². The molecule has 1 aromatic rings. The van der Waals surface area contributed by atoms with Crippen LogP contribution in [0.25, 0.3) is 4.72 Å². The largest absolute Gasteiger partial charge is 1.00 e. The van der Waals surface area contributed by atoms with E-state index >= 15 is 0 Å². The number of hydrogen-bond acceptors (Lipinski definition) is 5. The summed E-state index contributed by atoms with van der Waals surface area (Å²) in [6.07, 6.45) is 7.24. The van der Waals surface area contributed by atoms with E-state index in [9.17, 15) is 13.2 Å². The van der Waals surface area contributed by atoms with Crippen LogP contribution in [0.3, 0.4) is 0 Å². The molecule has 7 nitrogen and oxygen atoms in total. The van der Waals surface area contributed by atoms with Crippen LogP contribution in [-0.2, 0) is 35.7 Å². The monoisotopic (exact) mass is 470 g/mol. The van der Waals surface area contributed by atoms with Crippen molar-refractivity contribution in [3.8, 4) is 0 Å². The maximum Gasteiger partial charge on any atom is 1.00 e. The minimum atomic E-state index is -3.80. The number of piperidine rings is 1. The number of aryl methyl sites for hydroxylation is 2. The molecular weight excluding hydrogens is 439 g/mol. The van der Waals surface area contributed by atoms with Gasteiger partial charge in [0.25, 0.3) is 0 Å². The number of hydrogen-bond donors (Lipinski definition) is 1. The van der Waals surface area contributed by atoms with Gasteiger partial charge in [-0.05, 0) is 99.4 Å². The second-order valence-corrected chi connectivity index (χ2v) is 11.3. The first-order chi connectivity index (χ1) is 14.4. The molecule has 1 N–H and O–H groups in total. The third kappa shape index (κ3) is 4.94. The molecule has 2 heterocycles. The third-order valence-electron chi connectivity index (χ3n) is 7.37. The van der Waals surface area contributed by atoms with Crippen LogP contribution < -0.4 is 56.7 Å². The molecule has 0 radical (unpaired) electrons. The number of likely N-dealkylation sites (N-methyl/N-ethyl adjacent to an activating group) is 1. The van der Waals surface area contributed by atoms with Crippen molar-refractivity contribution >= 4 is 21.7 Å². The van der Waals surface area contributed by atoms with Crippen LogP contribution in [0.5, 0.6) is 0 Å². The summed E-state index contributed by atoms with van der Waals surface area (Å²) >= 11 is 0. The Morgan fingerprint density at radius 2 is 1.61 bits per heavy atom. The van der Waals surface area contributed by atoms with E-state index in [4.69, 9.17) is 0 Å². The summed E-state index contributed by atoms with van der Waals surface area (Å²) < 4.78 is 29.3. The summed E-state index contributed by atoms with van der Waals surface area (Å²) in [7, 11) is -1.70. The van der Waals surface area contributed by atoms with Gasteiger partial charge in [0.05, 0.1) is 5.25 Å².